The van der Waals surface area contributed by atoms with E-state index in [-0.39, 0.29) is 17.7 Å². The standard InChI is InChI=1S/C26H24N4O4S/c1-15-6-9-18(28-26(32)27-17-4-3-5-19(12-17)33-2)13-22(15)34-23-11-10-20-25(30-23)35-24(29-20)14-21(31)16-7-8-16/h3-6,9-13,16H,7-8,14H2,1-2H3,(H2,27,28,32). The molecule has 35 heavy (non-hydrogen) atoms. The number of thiazole rings is 1. The molecule has 5 rings (SSSR count). The molecule has 0 bridgehead atoms. The zero-order valence-electron chi connectivity index (χ0n) is 19.3. The van der Waals surface area contributed by atoms with Gasteiger partial charge in [-0.25, -0.2) is 14.8 Å². The second kappa shape index (κ2) is 9.71. The number of nitrogens with zero attached hydrogens (tertiary/aromatic N) is 2. The van der Waals surface area contributed by atoms with Gasteiger partial charge in [-0.3, -0.25) is 4.79 Å². The lowest BCUT2D eigenvalue weighted by Gasteiger charge is -2.12. The van der Waals surface area contributed by atoms with Crippen LogP contribution in [0.3, 0.4) is 0 Å². The zero-order valence-corrected chi connectivity index (χ0v) is 20.1. The Kier molecular flexibility index (Phi) is 6.33. The monoisotopic (exact) mass is 488 g/mol. The number of Topliss-reactive ketones (excluding diaryl/α,β-unsaturated/α-hetero) is 1. The van der Waals surface area contributed by atoms with Gasteiger partial charge in [0.2, 0.25) is 5.88 Å². The average molecular weight is 489 g/mol. The lowest BCUT2D eigenvalue weighted by atomic mass is 10.2. The van der Waals surface area contributed by atoms with Crippen LogP contribution in [0.4, 0.5) is 16.2 Å². The third-order valence-corrected chi connectivity index (χ3v) is 6.59. The molecule has 1 fully saturated rings. The number of urea groups is 1. The van der Waals surface area contributed by atoms with Crippen LogP contribution in [0.2, 0.25) is 0 Å². The van der Waals surface area contributed by atoms with Crippen molar-refractivity contribution in [3.05, 3.63) is 65.2 Å². The van der Waals surface area contributed by atoms with E-state index >= 15 is 0 Å². The fraction of sp³-hybridized carbons (Fsp3) is 0.231. The molecule has 2 amide bonds. The Morgan fingerprint density at radius 1 is 1.03 bits per heavy atom. The number of ketones is 1. The van der Waals surface area contributed by atoms with Crippen LogP contribution >= 0.6 is 11.3 Å². The smallest absolute Gasteiger partial charge is 0.323 e. The minimum Gasteiger partial charge on any atom is -0.497 e. The van der Waals surface area contributed by atoms with Crippen molar-refractivity contribution in [2.45, 2.75) is 26.2 Å². The molecule has 1 aliphatic carbocycles. The van der Waals surface area contributed by atoms with E-state index < -0.39 is 0 Å². The van der Waals surface area contributed by atoms with Crippen molar-refractivity contribution in [1.82, 2.24) is 9.97 Å². The summed E-state index contributed by atoms with van der Waals surface area (Å²) in [7, 11) is 1.57. The second-order valence-corrected chi connectivity index (χ2v) is 9.45. The summed E-state index contributed by atoms with van der Waals surface area (Å²) in [6.45, 7) is 1.92. The zero-order chi connectivity index (χ0) is 24.4. The van der Waals surface area contributed by atoms with E-state index in [1.54, 1.807) is 49.6 Å². The highest BCUT2D eigenvalue weighted by Gasteiger charge is 2.29. The highest BCUT2D eigenvalue weighted by Crippen LogP contribution is 2.33. The molecule has 0 saturated heterocycles. The van der Waals surface area contributed by atoms with Crippen molar-refractivity contribution in [1.29, 1.82) is 0 Å². The van der Waals surface area contributed by atoms with Crippen LogP contribution in [0.5, 0.6) is 17.4 Å². The molecule has 178 valence electrons. The molecule has 0 atom stereocenters. The van der Waals surface area contributed by atoms with Crippen LogP contribution in [0.1, 0.15) is 23.4 Å². The van der Waals surface area contributed by atoms with Crippen LogP contribution in [0.15, 0.2) is 54.6 Å². The predicted molar refractivity (Wildman–Crippen MR) is 136 cm³/mol. The second-order valence-electron chi connectivity index (χ2n) is 8.39. The van der Waals surface area contributed by atoms with Crippen LogP contribution in [-0.4, -0.2) is 28.9 Å². The van der Waals surface area contributed by atoms with Crippen LogP contribution in [-0.2, 0) is 11.2 Å². The molecule has 2 aromatic heterocycles. The molecule has 1 saturated carbocycles. The quantitative estimate of drug-likeness (QED) is 0.317. The first kappa shape index (κ1) is 22.8. The molecule has 2 aromatic carbocycles. The first-order chi connectivity index (χ1) is 17.0. The predicted octanol–water partition coefficient (Wildman–Crippen LogP) is 5.97. The van der Waals surface area contributed by atoms with Crippen LogP contribution in [0.25, 0.3) is 10.3 Å². The molecule has 2 N–H and O–H groups in total. The highest BCUT2D eigenvalue weighted by atomic mass is 32.1. The molecule has 0 unspecified atom stereocenters. The molecular weight excluding hydrogens is 464 g/mol. The van der Waals surface area contributed by atoms with Gasteiger partial charge < -0.3 is 20.1 Å². The summed E-state index contributed by atoms with van der Waals surface area (Å²) >= 11 is 1.42. The number of carbonyl (C=O) groups excluding carboxylic acids is 2. The summed E-state index contributed by atoms with van der Waals surface area (Å²) in [5, 5.41) is 6.38. The number of ether oxygens (including phenoxy) is 2. The highest BCUT2D eigenvalue weighted by molar-refractivity contribution is 7.18. The number of hydrogen-bond donors (Lipinski definition) is 2. The van der Waals surface area contributed by atoms with Gasteiger partial charge in [0, 0.05) is 35.5 Å². The third kappa shape index (κ3) is 5.58. The number of pyridine rings is 1. The first-order valence-electron chi connectivity index (χ1n) is 11.3. The molecule has 9 heteroatoms. The number of hydrogen-bond acceptors (Lipinski definition) is 7. The van der Waals surface area contributed by atoms with Gasteiger partial charge in [0.05, 0.1) is 13.5 Å². The summed E-state index contributed by atoms with van der Waals surface area (Å²) in [4.78, 5) is 34.4. The minimum atomic E-state index is -0.384. The molecule has 1 aliphatic rings. The molecule has 4 aromatic rings. The lowest BCUT2D eigenvalue weighted by molar-refractivity contribution is -0.119. The van der Waals surface area contributed by atoms with E-state index in [0.29, 0.717) is 35.2 Å². The van der Waals surface area contributed by atoms with Gasteiger partial charge in [-0.2, -0.15) is 0 Å². The van der Waals surface area contributed by atoms with Crippen LogP contribution in [0, 0.1) is 12.8 Å². The van der Waals surface area contributed by atoms with Crippen LogP contribution < -0.4 is 20.1 Å². The fourth-order valence-electron chi connectivity index (χ4n) is 3.57. The largest absolute Gasteiger partial charge is 0.497 e. The van der Waals surface area contributed by atoms with E-state index in [1.807, 2.05) is 19.1 Å². The van der Waals surface area contributed by atoms with Gasteiger partial charge in [-0.1, -0.05) is 23.5 Å². The van der Waals surface area contributed by atoms with Gasteiger partial charge in [-0.05, 0) is 49.6 Å². The maximum Gasteiger partial charge on any atom is 0.323 e. The molecule has 0 spiro atoms. The number of aryl methyl sites for hydroxylation is 1. The van der Waals surface area contributed by atoms with Crippen molar-refractivity contribution in [3.63, 3.8) is 0 Å². The van der Waals surface area contributed by atoms with E-state index in [4.69, 9.17) is 9.47 Å². The Labute approximate surface area is 206 Å². The van der Waals surface area contributed by atoms with Gasteiger partial charge in [-0.15, -0.1) is 0 Å². The van der Waals surface area contributed by atoms with E-state index in [9.17, 15) is 9.59 Å². The lowest BCUT2D eigenvalue weighted by Crippen LogP contribution is -2.19. The topological polar surface area (TPSA) is 102 Å². The maximum atomic E-state index is 12.5. The van der Waals surface area contributed by atoms with Crippen molar-refractivity contribution in [3.8, 4) is 17.4 Å². The fourth-order valence-corrected chi connectivity index (χ4v) is 4.51. The summed E-state index contributed by atoms with van der Waals surface area (Å²) in [5.74, 6) is 2.12. The van der Waals surface area contributed by atoms with Gasteiger partial charge in [0.15, 0.2) is 0 Å². The number of carbonyl (C=O) groups is 2. The summed E-state index contributed by atoms with van der Waals surface area (Å²) in [6, 6.07) is 15.7. The molecule has 0 radical (unpaired) electrons. The number of rotatable bonds is 8. The first-order valence-corrected chi connectivity index (χ1v) is 12.1. The third-order valence-electron chi connectivity index (χ3n) is 5.62. The van der Waals surface area contributed by atoms with Crippen molar-refractivity contribution < 1.29 is 19.1 Å². The Balaban J connectivity index is 1.27. The number of amides is 2. The van der Waals surface area contributed by atoms with Gasteiger partial charge in [0.1, 0.15) is 32.6 Å². The van der Waals surface area contributed by atoms with E-state index in [1.165, 1.54) is 11.3 Å². The summed E-state index contributed by atoms with van der Waals surface area (Å²) in [5.41, 5.74) is 2.84. The van der Waals surface area contributed by atoms with Crippen molar-refractivity contribution >= 4 is 44.9 Å². The molecular formula is C26H24N4O4S. The Morgan fingerprint density at radius 2 is 1.83 bits per heavy atom. The number of nitrogens with one attached hydrogen (secondary N) is 2. The number of methoxy groups -OCH3 is 1. The average Bonchev–Trinajstić information content (AvgIpc) is 3.62. The molecule has 8 nitrogen and oxygen atoms in total. The number of benzene rings is 2. The Bertz CT molecular complexity index is 1410. The number of fused-ring (bicyclic) bond motifs is 1. The Hall–Kier alpha value is -3.98. The van der Waals surface area contributed by atoms with Crippen molar-refractivity contribution in [2.75, 3.05) is 17.7 Å². The summed E-state index contributed by atoms with van der Waals surface area (Å²) in [6.07, 6.45) is 2.36. The van der Waals surface area contributed by atoms with Gasteiger partial charge >= 0.3 is 6.03 Å². The molecule has 0 aliphatic heterocycles. The van der Waals surface area contributed by atoms with Crippen molar-refractivity contribution in [2.24, 2.45) is 5.92 Å². The number of aromatic nitrogens is 2. The minimum absolute atomic E-state index is 0.218. The number of anilines is 2. The van der Waals surface area contributed by atoms with E-state index in [2.05, 4.69) is 20.6 Å². The SMILES string of the molecule is COc1cccc(NC(=O)Nc2ccc(C)c(Oc3ccc4nc(CC(=O)C5CC5)sc4n3)c2)c1. The molecule has 2 heterocycles. The summed E-state index contributed by atoms with van der Waals surface area (Å²) < 4.78 is 11.2. The normalized spacial score (nSPS) is 12.9. The van der Waals surface area contributed by atoms with Gasteiger partial charge in [0.25, 0.3) is 0 Å². The Morgan fingerprint density at radius 3 is 2.60 bits per heavy atom. The maximum absolute atomic E-state index is 12.5. The van der Waals surface area contributed by atoms with E-state index in [0.717, 1.165) is 33.8 Å².